The van der Waals surface area contributed by atoms with Crippen molar-refractivity contribution in [3.8, 4) is 5.75 Å². The molecule has 0 aliphatic heterocycles. The second kappa shape index (κ2) is 7.75. The largest absolute Gasteiger partial charge is 0.496 e. The van der Waals surface area contributed by atoms with E-state index < -0.39 is 11.8 Å². The summed E-state index contributed by atoms with van der Waals surface area (Å²) < 4.78 is 10.5. The van der Waals surface area contributed by atoms with Crippen molar-refractivity contribution in [2.24, 2.45) is 0 Å². The number of methoxy groups -OCH3 is 1. The zero-order valence-corrected chi connectivity index (χ0v) is 14.8. The number of carbonyl (C=O) groups is 2. The number of hydrazine groups is 1. The van der Waals surface area contributed by atoms with Gasteiger partial charge in [0.25, 0.3) is 11.1 Å². The summed E-state index contributed by atoms with van der Waals surface area (Å²) in [6, 6.07) is 4.63. The molecule has 2 N–H and O–H groups in total. The van der Waals surface area contributed by atoms with Gasteiger partial charge in [-0.25, -0.2) is 0 Å². The van der Waals surface area contributed by atoms with Gasteiger partial charge in [-0.15, -0.1) is 10.2 Å². The first kappa shape index (κ1) is 17.6. The van der Waals surface area contributed by atoms with Crippen molar-refractivity contribution in [2.45, 2.75) is 24.0 Å². The lowest BCUT2D eigenvalue weighted by Gasteiger charge is -2.10. The third kappa shape index (κ3) is 4.64. The fraction of sp³-hybridized carbons (Fsp3) is 0.333. The average Bonchev–Trinajstić information content (AvgIpc) is 3.36. The van der Waals surface area contributed by atoms with Crippen molar-refractivity contribution >= 4 is 35.2 Å². The standard InChI is InChI=1S/C15H15ClN4O4S/c1-23-11-5-4-9(16)6-10(11)13(22)18-17-12(21)7-25-15-20-19-14(24-15)8-2-3-8/h4-6,8H,2-3,7H2,1H3,(H,17,21)(H,18,22). The molecule has 1 aromatic heterocycles. The number of rotatable bonds is 6. The first-order chi connectivity index (χ1) is 12.1. The molecule has 0 unspecified atom stereocenters. The fourth-order valence-corrected chi connectivity index (χ4v) is 2.73. The van der Waals surface area contributed by atoms with Gasteiger partial charge in [0.05, 0.1) is 18.4 Å². The molecule has 25 heavy (non-hydrogen) atoms. The van der Waals surface area contributed by atoms with Crippen LogP contribution in [-0.2, 0) is 4.79 Å². The second-order valence-corrected chi connectivity index (χ2v) is 6.68. The van der Waals surface area contributed by atoms with Gasteiger partial charge in [-0.3, -0.25) is 20.4 Å². The molecule has 0 radical (unpaired) electrons. The zero-order chi connectivity index (χ0) is 17.8. The molecule has 2 amide bonds. The topological polar surface area (TPSA) is 106 Å². The Labute approximate surface area is 152 Å². The average molecular weight is 383 g/mol. The molecule has 8 nitrogen and oxygen atoms in total. The molecule has 1 heterocycles. The molecule has 0 bridgehead atoms. The van der Waals surface area contributed by atoms with Gasteiger partial charge < -0.3 is 9.15 Å². The van der Waals surface area contributed by atoms with Gasteiger partial charge in [-0.1, -0.05) is 23.4 Å². The number of hydrogen-bond acceptors (Lipinski definition) is 7. The van der Waals surface area contributed by atoms with Gasteiger partial charge in [-0.05, 0) is 31.0 Å². The predicted octanol–water partition coefficient (Wildman–Crippen LogP) is 2.16. The van der Waals surface area contributed by atoms with Crippen LogP contribution in [0.4, 0.5) is 0 Å². The van der Waals surface area contributed by atoms with E-state index in [4.69, 9.17) is 20.8 Å². The van der Waals surface area contributed by atoms with E-state index in [0.29, 0.717) is 27.8 Å². The molecule has 1 saturated carbocycles. The van der Waals surface area contributed by atoms with Crippen LogP contribution in [-0.4, -0.2) is 34.9 Å². The summed E-state index contributed by atoms with van der Waals surface area (Å²) >= 11 is 6.98. The van der Waals surface area contributed by atoms with E-state index in [1.165, 1.54) is 13.2 Å². The van der Waals surface area contributed by atoms with E-state index in [0.717, 1.165) is 24.6 Å². The first-order valence-corrected chi connectivity index (χ1v) is 8.82. The monoisotopic (exact) mass is 382 g/mol. The number of aromatic nitrogens is 2. The summed E-state index contributed by atoms with van der Waals surface area (Å²) in [5.74, 6) is 0.409. The molecule has 1 aliphatic carbocycles. The minimum atomic E-state index is -0.536. The molecule has 0 saturated heterocycles. The lowest BCUT2D eigenvalue weighted by atomic mass is 10.2. The van der Waals surface area contributed by atoms with Crippen LogP contribution in [0.2, 0.25) is 5.02 Å². The van der Waals surface area contributed by atoms with Gasteiger partial charge in [0, 0.05) is 10.9 Å². The van der Waals surface area contributed by atoms with Crippen molar-refractivity contribution in [1.82, 2.24) is 21.0 Å². The fourth-order valence-electron chi connectivity index (χ4n) is 1.99. The summed E-state index contributed by atoms with van der Waals surface area (Å²) in [7, 11) is 1.44. The van der Waals surface area contributed by atoms with Crippen LogP contribution in [0.15, 0.2) is 27.8 Å². The molecule has 1 aromatic carbocycles. The van der Waals surface area contributed by atoms with E-state index in [1.54, 1.807) is 12.1 Å². The number of halogens is 1. The van der Waals surface area contributed by atoms with E-state index in [-0.39, 0.29) is 11.3 Å². The van der Waals surface area contributed by atoms with Gasteiger partial charge in [0.15, 0.2) is 0 Å². The summed E-state index contributed by atoms with van der Waals surface area (Å²) in [5, 5.41) is 8.52. The molecule has 10 heteroatoms. The third-order valence-electron chi connectivity index (χ3n) is 3.40. The summed E-state index contributed by atoms with van der Waals surface area (Å²) in [6.07, 6.45) is 2.12. The SMILES string of the molecule is COc1ccc(Cl)cc1C(=O)NNC(=O)CSc1nnc(C2CC2)o1. The van der Waals surface area contributed by atoms with Crippen molar-refractivity contribution < 1.29 is 18.7 Å². The van der Waals surface area contributed by atoms with E-state index in [2.05, 4.69) is 21.0 Å². The molecular formula is C15H15ClN4O4S. The Morgan fingerprint density at radius 1 is 1.36 bits per heavy atom. The summed E-state index contributed by atoms with van der Waals surface area (Å²) in [5.41, 5.74) is 4.85. The Kier molecular flexibility index (Phi) is 5.44. The molecule has 0 atom stereocenters. The highest BCUT2D eigenvalue weighted by molar-refractivity contribution is 7.99. The third-order valence-corrected chi connectivity index (χ3v) is 4.45. The van der Waals surface area contributed by atoms with Crippen molar-refractivity contribution in [3.05, 3.63) is 34.7 Å². The van der Waals surface area contributed by atoms with Crippen LogP contribution < -0.4 is 15.6 Å². The number of nitrogens with one attached hydrogen (secondary N) is 2. The molecule has 3 rings (SSSR count). The maximum Gasteiger partial charge on any atom is 0.277 e. The zero-order valence-electron chi connectivity index (χ0n) is 13.2. The molecule has 132 valence electrons. The van der Waals surface area contributed by atoms with Crippen LogP contribution in [0.25, 0.3) is 0 Å². The number of thioether (sulfide) groups is 1. The minimum absolute atomic E-state index is 0.0270. The Hall–Kier alpha value is -2.26. The predicted molar refractivity (Wildman–Crippen MR) is 90.6 cm³/mol. The first-order valence-electron chi connectivity index (χ1n) is 7.45. The number of ether oxygens (including phenoxy) is 1. The normalized spacial score (nSPS) is 13.4. The number of hydrogen-bond donors (Lipinski definition) is 2. The van der Waals surface area contributed by atoms with Crippen LogP contribution in [0.1, 0.15) is 35.0 Å². The Morgan fingerprint density at radius 3 is 2.88 bits per heavy atom. The highest BCUT2D eigenvalue weighted by atomic mass is 35.5. The summed E-state index contributed by atoms with van der Waals surface area (Å²) in [4.78, 5) is 24.0. The molecule has 1 aliphatic rings. The van der Waals surface area contributed by atoms with Gasteiger partial charge >= 0.3 is 0 Å². The Morgan fingerprint density at radius 2 is 2.16 bits per heavy atom. The van der Waals surface area contributed by atoms with E-state index >= 15 is 0 Å². The van der Waals surface area contributed by atoms with Crippen molar-refractivity contribution in [2.75, 3.05) is 12.9 Å². The van der Waals surface area contributed by atoms with Crippen molar-refractivity contribution in [1.29, 1.82) is 0 Å². The van der Waals surface area contributed by atoms with Gasteiger partial charge in [0.1, 0.15) is 5.75 Å². The Balaban J connectivity index is 1.48. The smallest absolute Gasteiger partial charge is 0.277 e. The minimum Gasteiger partial charge on any atom is -0.496 e. The number of carbonyl (C=O) groups excluding carboxylic acids is 2. The highest BCUT2D eigenvalue weighted by Gasteiger charge is 2.29. The molecule has 0 spiro atoms. The van der Waals surface area contributed by atoms with Crippen LogP contribution in [0.3, 0.4) is 0 Å². The number of amides is 2. The molecule has 2 aromatic rings. The van der Waals surface area contributed by atoms with Gasteiger partial charge in [-0.2, -0.15) is 0 Å². The molecule has 1 fully saturated rings. The lowest BCUT2D eigenvalue weighted by Crippen LogP contribution is -2.42. The maximum absolute atomic E-state index is 12.1. The van der Waals surface area contributed by atoms with E-state index in [9.17, 15) is 9.59 Å². The quantitative estimate of drug-likeness (QED) is 0.582. The van der Waals surface area contributed by atoms with E-state index in [1.807, 2.05) is 0 Å². The van der Waals surface area contributed by atoms with Gasteiger partial charge in [0.2, 0.25) is 11.8 Å². The second-order valence-electron chi connectivity index (χ2n) is 5.32. The van der Waals surface area contributed by atoms with Crippen LogP contribution in [0, 0.1) is 0 Å². The summed E-state index contributed by atoms with van der Waals surface area (Å²) in [6.45, 7) is 0. The van der Waals surface area contributed by atoms with Crippen LogP contribution >= 0.6 is 23.4 Å². The van der Waals surface area contributed by atoms with Crippen LogP contribution in [0.5, 0.6) is 5.75 Å². The number of benzene rings is 1. The molecular weight excluding hydrogens is 368 g/mol. The lowest BCUT2D eigenvalue weighted by molar-refractivity contribution is -0.119. The Bertz CT molecular complexity index is 794. The number of nitrogens with zero attached hydrogens (tertiary/aromatic N) is 2. The maximum atomic E-state index is 12.1. The van der Waals surface area contributed by atoms with Crippen molar-refractivity contribution in [3.63, 3.8) is 0 Å². The highest BCUT2D eigenvalue weighted by Crippen LogP contribution is 2.39.